The number of imidazole rings is 1. The van der Waals surface area contributed by atoms with E-state index >= 15 is 0 Å². The van der Waals surface area contributed by atoms with Gasteiger partial charge in [-0.15, -0.1) is 0 Å². The minimum Gasteiger partial charge on any atom is -0.822 e. The number of carboxylic acid groups (broad SMARTS) is 1. The molecule has 0 amide bonds. The van der Waals surface area contributed by atoms with Gasteiger partial charge in [0.2, 0.25) is 0 Å². The van der Waals surface area contributed by atoms with Crippen LogP contribution in [0.15, 0.2) is 42.5 Å². The zero-order valence-corrected chi connectivity index (χ0v) is 16.3. The molecule has 10 heteroatoms. The Morgan fingerprint density at radius 1 is 1.14 bits per heavy atom. The number of aromatic nitrogens is 2. The standard InChI is InChI=1S/C19H18N2O3.H3O4P/c1-2-12-24-14-9-6-13(7-10-14)8-11-17-20-16-5-3-4-15(19(22)23)18(16)21-17;1-5(2,3)4/h3-11H,2,12H2,1H3,(H,20,21)(H,22,23);(H3,1,2,3,4)/p-4/b11-8+;. The second-order valence-electron chi connectivity index (χ2n) is 5.81. The zero-order chi connectivity index (χ0) is 21.4. The molecule has 154 valence electrons. The lowest BCUT2D eigenvalue weighted by atomic mass is 10.2. The highest BCUT2D eigenvalue weighted by molar-refractivity contribution is 7.40. The zero-order valence-electron chi connectivity index (χ0n) is 15.4. The molecular formula is C19H17N2O7P-4. The van der Waals surface area contributed by atoms with Crippen LogP contribution in [0.4, 0.5) is 0 Å². The van der Waals surface area contributed by atoms with E-state index in [9.17, 15) is 9.90 Å². The number of para-hydroxylation sites is 1. The maximum absolute atomic E-state index is 11.1. The molecule has 0 fully saturated rings. The molecule has 0 radical (unpaired) electrons. The molecule has 1 heterocycles. The monoisotopic (exact) mass is 416 g/mol. The fraction of sp³-hybridized carbons (Fsp3) is 0.158. The number of carbonyl (C=O) groups is 1. The van der Waals surface area contributed by atoms with Crippen LogP contribution in [0.25, 0.3) is 23.2 Å². The summed E-state index contributed by atoms with van der Waals surface area (Å²) in [6.07, 6.45) is 4.68. The summed E-state index contributed by atoms with van der Waals surface area (Å²) in [5.74, 6) is 0.201. The van der Waals surface area contributed by atoms with Crippen LogP contribution >= 0.6 is 7.82 Å². The lowest BCUT2D eigenvalue weighted by molar-refractivity contribution is -0.432. The average Bonchev–Trinajstić information content (AvgIpc) is 3.07. The van der Waals surface area contributed by atoms with Crippen LogP contribution in [-0.2, 0) is 4.57 Å². The number of H-pyrrole nitrogens is 1. The molecule has 0 atom stereocenters. The summed E-state index contributed by atoms with van der Waals surface area (Å²) in [5.41, 5.74) is 2.15. The molecule has 0 unspecified atom stereocenters. The largest absolute Gasteiger partial charge is 0.822 e. The highest BCUT2D eigenvalue weighted by Crippen LogP contribution is 2.18. The predicted octanol–water partition coefficient (Wildman–Crippen LogP) is 0.0610. The molecule has 0 aliphatic carbocycles. The van der Waals surface area contributed by atoms with Crippen LogP contribution in [0.2, 0.25) is 0 Å². The molecular weight excluding hydrogens is 399 g/mol. The van der Waals surface area contributed by atoms with Gasteiger partial charge in [-0.3, -0.25) is 0 Å². The van der Waals surface area contributed by atoms with Gasteiger partial charge >= 0.3 is 0 Å². The first-order valence-electron chi connectivity index (χ1n) is 8.51. The van der Waals surface area contributed by atoms with Crippen molar-refractivity contribution in [2.75, 3.05) is 6.61 Å². The van der Waals surface area contributed by atoms with Gasteiger partial charge in [-0.25, -0.2) is 4.98 Å². The van der Waals surface area contributed by atoms with Crippen LogP contribution < -0.4 is 24.5 Å². The summed E-state index contributed by atoms with van der Waals surface area (Å²) in [5, 5.41) is 11.1. The Balaban J connectivity index is 0.000000537. The smallest absolute Gasteiger partial charge is 0.131 e. The molecule has 3 aromatic rings. The van der Waals surface area contributed by atoms with E-state index in [-0.39, 0.29) is 5.56 Å². The Bertz CT molecular complexity index is 1030. The number of ether oxygens (including phenoxy) is 1. The van der Waals surface area contributed by atoms with Gasteiger partial charge in [-0.1, -0.05) is 37.3 Å². The molecule has 29 heavy (non-hydrogen) atoms. The van der Waals surface area contributed by atoms with Crippen molar-refractivity contribution in [3.8, 4) is 5.75 Å². The summed E-state index contributed by atoms with van der Waals surface area (Å²) in [6.45, 7) is 2.77. The van der Waals surface area contributed by atoms with Crippen LogP contribution in [0, 0.1) is 0 Å². The fourth-order valence-electron chi connectivity index (χ4n) is 2.37. The molecule has 0 aliphatic heterocycles. The molecule has 9 nitrogen and oxygen atoms in total. The second kappa shape index (κ2) is 9.99. The van der Waals surface area contributed by atoms with Gasteiger partial charge < -0.3 is 38.9 Å². The van der Waals surface area contributed by atoms with Gasteiger partial charge in [0, 0.05) is 5.56 Å². The number of benzene rings is 2. The summed E-state index contributed by atoms with van der Waals surface area (Å²) < 4.78 is 14.1. The van der Waals surface area contributed by atoms with E-state index in [2.05, 4.69) is 16.9 Å². The van der Waals surface area contributed by atoms with Crippen LogP contribution in [-0.4, -0.2) is 22.5 Å². The van der Waals surface area contributed by atoms with Crippen LogP contribution in [0.5, 0.6) is 5.75 Å². The predicted molar refractivity (Wildman–Crippen MR) is 99.2 cm³/mol. The number of carboxylic acids is 1. The van der Waals surface area contributed by atoms with E-state index in [1.54, 1.807) is 18.2 Å². The highest BCUT2D eigenvalue weighted by atomic mass is 31.2. The Morgan fingerprint density at radius 2 is 1.79 bits per heavy atom. The third kappa shape index (κ3) is 7.52. The van der Waals surface area contributed by atoms with Crippen molar-refractivity contribution < 1.29 is 33.9 Å². The first-order chi connectivity index (χ1) is 13.7. The van der Waals surface area contributed by atoms with E-state index in [1.165, 1.54) is 6.07 Å². The topological polar surface area (TPSA) is 164 Å². The normalized spacial score (nSPS) is 11.3. The minimum atomic E-state index is -5.39. The quantitative estimate of drug-likeness (QED) is 0.551. The second-order valence-corrected chi connectivity index (χ2v) is 6.70. The molecule has 1 N–H and O–H groups in total. The lowest BCUT2D eigenvalue weighted by Crippen LogP contribution is -2.24. The fourth-order valence-corrected chi connectivity index (χ4v) is 2.37. The number of phosphoric acid groups is 1. The minimum absolute atomic E-state index is 0.0841. The number of nitrogens with one attached hydrogen (secondary N) is 1. The molecule has 0 saturated heterocycles. The maximum Gasteiger partial charge on any atom is 0.131 e. The van der Waals surface area contributed by atoms with Crippen molar-refractivity contribution in [1.82, 2.24) is 9.97 Å². The number of rotatable bonds is 6. The average molecular weight is 416 g/mol. The number of fused-ring (bicyclic) bond motifs is 1. The van der Waals surface area contributed by atoms with Crippen molar-refractivity contribution in [2.24, 2.45) is 0 Å². The Hall–Kier alpha value is -2.97. The van der Waals surface area contributed by atoms with Crippen LogP contribution in [0.3, 0.4) is 0 Å². The van der Waals surface area contributed by atoms with Gasteiger partial charge in [0.15, 0.2) is 0 Å². The Labute approximate surface area is 166 Å². The lowest BCUT2D eigenvalue weighted by Gasteiger charge is -2.36. The van der Waals surface area contributed by atoms with Gasteiger partial charge in [0.1, 0.15) is 11.6 Å². The third-order valence-electron chi connectivity index (χ3n) is 3.54. The van der Waals surface area contributed by atoms with E-state index < -0.39 is 13.8 Å². The SMILES string of the molecule is CCCOc1ccc(/C=C/c2nc3c(C(=O)[O-])cccc3[nH]2)cc1.O=P([O-])([O-])[O-]. The molecule has 2 aromatic carbocycles. The first-order valence-corrected chi connectivity index (χ1v) is 9.97. The van der Waals surface area contributed by atoms with Gasteiger partial charge in [-0.2, -0.15) is 7.82 Å². The van der Waals surface area contributed by atoms with E-state index in [1.807, 2.05) is 30.3 Å². The Morgan fingerprint density at radius 3 is 2.38 bits per heavy atom. The number of aromatic amines is 1. The summed E-state index contributed by atoms with van der Waals surface area (Å²) >= 11 is 0. The third-order valence-corrected chi connectivity index (χ3v) is 3.54. The number of hydrogen-bond acceptors (Lipinski definition) is 8. The number of nitrogens with zero attached hydrogens (tertiary/aromatic N) is 1. The van der Waals surface area contributed by atoms with Crippen molar-refractivity contribution in [3.05, 3.63) is 59.4 Å². The summed E-state index contributed by atoms with van der Waals surface area (Å²) in [6, 6.07) is 12.7. The van der Waals surface area contributed by atoms with Gasteiger partial charge in [0.25, 0.3) is 0 Å². The molecule has 0 aliphatic rings. The van der Waals surface area contributed by atoms with Crippen molar-refractivity contribution >= 4 is 37.0 Å². The number of aromatic carboxylic acids is 1. The highest BCUT2D eigenvalue weighted by Gasteiger charge is 2.06. The maximum atomic E-state index is 11.1. The summed E-state index contributed by atoms with van der Waals surface area (Å²) in [4.78, 5) is 44.2. The molecule has 0 saturated carbocycles. The number of carbonyl (C=O) groups excluding carboxylic acids is 1. The van der Waals surface area contributed by atoms with Gasteiger partial charge in [0.05, 0.1) is 23.6 Å². The van der Waals surface area contributed by atoms with Crippen molar-refractivity contribution in [3.63, 3.8) is 0 Å². The van der Waals surface area contributed by atoms with E-state index in [4.69, 9.17) is 24.0 Å². The van der Waals surface area contributed by atoms with E-state index in [0.717, 1.165) is 17.7 Å². The summed E-state index contributed by atoms with van der Waals surface area (Å²) in [7, 11) is -5.39. The molecule has 0 bridgehead atoms. The molecule has 1 aromatic heterocycles. The molecule has 0 spiro atoms. The number of hydrogen-bond donors (Lipinski definition) is 1. The van der Waals surface area contributed by atoms with Gasteiger partial charge in [-0.05, 0) is 36.3 Å². The van der Waals surface area contributed by atoms with E-state index in [0.29, 0.717) is 23.5 Å². The van der Waals surface area contributed by atoms with Crippen molar-refractivity contribution in [1.29, 1.82) is 0 Å². The van der Waals surface area contributed by atoms with Crippen molar-refractivity contribution in [2.45, 2.75) is 13.3 Å². The molecule has 3 rings (SSSR count). The Kier molecular flexibility index (Phi) is 7.69. The van der Waals surface area contributed by atoms with Crippen LogP contribution in [0.1, 0.15) is 35.1 Å². The first kappa shape index (κ1) is 22.3.